The molecule has 9 heteroatoms. The number of hydrogen-bond donors (Lipinski definition) is 1. The number of nitrogens with zero attached hydrogens (tertiary/aromatic N) is 1. The summed E-state index contributed by atoms with van der Waals surface area (Å²) in [5.74, 6) is 0.381. The summed E-state index contributed by atoms with van der Waals surface area (Å²) >= 11 is 12.7. The lowest BCUT2D eigenvalue weighted by Crippen LogP contribution is -2.21. The van der Waals surface area contributed by atoms with Crippen LogP contribution < -0.4 is 24.7 Å². The number of halogens is 2. The molecule has 0 aromatic heterocycles. The van der Waals surface area contributed by atoms with E-state index < -0.39 is 11.9 Å². The Hall–Kier alpha value is -3.86. The Morgan fingerprint density at radius 3 is 2.33 bits per heavy atom. The fourth-order valence-electron chi connectivity index (χ4n) is 4.30. The van der Waals surface area contributed by atoms with Gasteiger partial charge in [-0.1, -0.05) is 74.2 Å². The Bertz CT molecular complexity index is 1440. The lowest BCUT2D eigenvalue weighted by atomic mass is 9.83. The third-order valence-electron chi connectivity index (χ3n) is 6.36. The highest BCUT2D eigenvalue weighted by atomic mass is 35.5. The molecule has 0 saturated carbocycles. The molecule has 7 nitrogen and oxygen atoms in total. The normalized spacial score (nSPS) is 14.1. The third-order valence-corrected chi connectivity index (χ3v) is 6.93. The number of esters is 1. The zero-order valence-corrected chi connectivity index (χ0v) is 23.8. The highest BCUT2D eigenvalue weighted by molar-refractivity contribution is 6.37. The summed E-state index contributed by atoms with van der Waals surface area (Å²) in [6.45, 7) is 5.16. The van der Waals surface area contributed by atoms with E-state index in [1.165, 1.54) is 12.1 Å². The molecule has 1 unspecified atom stereocenters. The number of rotatable bonds is 11. The van der Waals surface area contributed by atoms with E-state index in [4.69, 9.17) is 47.9 Å². The quantitative estimate of drug-likeness (QED) is 0.140. The molecule has 208 valence electrons. The van der Waals surface area contributed by atoms with E-state index in [-0.39, 0.29) is 32.8 Å². The van der Waals surface area contributed by atoms with Gasteiger partial charge < -0.3 is 24.7 Å². The lowest BCUT2D eigenvalue weighted by Gasteiger charge is -2.28. The van der Waals surface area contributed by atoms with Crippen LogP contribution in [0.15, 0.2) is 66.1 Å². The van der Waals surface area contributed by atoms with E-state index in [2.05, 4.69) is 13.0 Å². The number of ether oxygens (including phenoxy) is 4. The minimum absolute atomic E-state index is 0.0240. The number of allylic oxidation sites excluding steroid dienone is 1. The predicted molar refractivity (Wildman–Crippen MR) is 154 cm³/mol. The Labute approximate surface area is 244 Å². The van der Waals surface area contributed by atoms with Crippen molar-refractivity contribution in [3.8, 4) is 29.1 Å². The molecule has 1 aliphatic heterocycles. The van der Waals surface area contributed by atoms with Crippen LogP contribution in [-0.4, -0.2) is 19.2 Å². The van der Waals surface area contributed by atoms with Crippen LogP contribution in [0.2, 0.25) is 10.0 Å². The molecule has 0 saturated heterocycles. The number of fused-ring (bicyclic) bond motifs is 1. The fraction of sp³-hybridized carbons (Fsp3) is 0.290. The summed E-state index contributed by atoms with van der Waals surface area (Å²) in [6, 6.07) is 17.6. The van der Waals surface area contributed by atoms with Crippen molar-refractivity contribution in [3.63, 3.8) is 0 Å². The summed E-state index contributed by atoms with van der Waals surface area (Å²) < 4.78 is 23.1. The van der Waals surface area contributed by atoms with Crippen LogP contribution in [0.1, 0.15) is 66.9 Å². The van der Waals surface area contributed by atoms with Crippen LogP contribution >= 0.6 is 23.2 Å². The van der Waals surface area contributed by atoms with Crippen LogP contribution in [-0.2, 0) is 0 Å². The van der Waals surface area contributed by atoms with Gasteiger partial charge in [-0.05, 0) is 37.1 Å². The molecule has 40 heavy (non-hydrogen) atoms. The molecule has 0 radical (unpaired) electrons. The highest BCUT2D eigenvalue weighted by Crippen LogP contribution is 2.46. The summed E-state index contributed by atoms with van der Waals surface area (Å²) in [4.78, 5) is 13.0. The first-order valence-electron chi connectivity index (χ1n) is 13.1. The van der Waals surface area contributed by atoms with Gasteiger partial charge in [-0.15, -0.1) is 0 Å². The van der Waals surface area contributed by atoms with Crippen LogP contribution in [0, 0.1) is 11.3 Å². The molecule has 0 fully saturated rings. The first-order chi connectivity index (χ1) is 19.4. The van der Waals surface area contributed by atoms with Crippen LogP contribution in [0.25, 0.3) is 0 Å². The summed E-state index contributed by atoms with van der Waals surface area (Å²) in [7, 11) is 0. The summed E-state index contributed by atoms with van der Waals surface area (Å²) in [5, 5.41) is 10.4. The van der Waals surface area contributed by atoms with Gasteiger partial charge in [-0.3, -0.25) is 0 Å². The maximum atomic E-state index is 13.0. The third kappa shape index (κ3) is 6.47. The van der Waals surface area contributed by atoms with Crippen molar-refractivity contribution in [1.82, 2.24) is 0 Å². The van der Waals surface area contributed by atoms with Crippen LogP contribution in [0.3, 0.4) is 0 Å². The average Bonchev–Trinajstić information content (AvgIpc) is 2.94. The molecule has 1 aliphatic rings. The van der Waals surface area contributed by atoms with E-state index in [0.29, 0.717) is 36.0 Å². The molecule has 2 N–H and O–H groups in total. The first kappa shape index (κ1) is 29.1. The Morgan fingerprint density at radius 1 is 0.975 bits per heavy atom. The van der Waals surface area contributed by atoms with E-state index in [1.54, 1.807) is 18.2 Å². The first-order valence-corrected chi connectivity index (χ1v) is 13.9. The van der Waals surface area contributed by atoms with Gasteiger partial charge in [-0.25, -0.2) is 4.79 Å². The minimum atomic E-state index is -0.660. The molecular weight excluding hydrogens is 551 g/mol. The second kappa shape index (κ2) is 13.5. The molecule has 0 spiro atoms. The number of nitriles is 1. The van der Waals surface area contributed by atoms with Crippen molar-refractivity contribution >= 4 is 29.2 Å². The number of carbonyl (C=O) groups is 1. The maximum Gasteiger partial charge on any atom is 0.343 e. The van der Waals surface area contributed by atoms with E-state index >= 15 is 0 Å². The zero-order valence-electron chi connectivity index (χ0n) is 22.3. The molecule has 0 amide bonds. The summed E-state index contributed by atoms with van der Waals surface area (Å²) in [5.41, 5.74) is 8.10. The van der Waals surface area contributed by atoms with Crippen LogP contribution in [0.5, 0.6) is 23.0 Å². The van der Waals surface area contributed by atoms with Gasteiger partial charge in [0.2, 0.25) is 5.88 Å². The average molecular weight is 581 g/mol. The van der Waals surface area contributed by atoms with Gasteiger partial charge in [-0.2, -0.15) is 5.26 Å². The Morgan fingerprint density at radius 2 is 1.65 bits per heavy atom. The van der Waals surface area contributed by atoms with Gasteiger partial charge in [0.25, 0.3) is 0 Å². The second-order valence-corrected chi connectivity index (χ2v) is 10.0. The standard InChI is InChI=1S/C31H30Cl2N2O5/c1-3-5-13-37-26-10-8-7-9-21(26)28-22-12-11-20(17-27(22)40-30(35)23(28)18-34)39-31(36)19-15-24(32)29(25(33)16-19)38-14-6-4-2/h7-12,15-17,28H,3-6,13-14,35H2,1-2H3. The fourth-order valence-corrected chi connectivity index (χ4v) is 4.89. The zero-order chi connectivity index (χ0) is 28.6. The van der Waals surface area contributed by atoms with Gasteiger partial charge >= 0.3 is 5.97 Å². The Kier molecular flexibility index (Phi) is 9.81. The molecule has 3 aromatic rings. The van der Waals surface area contributed by atoms with Gasteiger partial charge in [0.1, 0.15) is 28.9 Å². The summed E-state index contributed by atoms with van der Waals surface area (Å²) in [6.07, 6.45) is 3.71. The smallest absolute Gasteiger partial charge is 0.343 e. The topological polar surface area (TPSA) is 104 Å². The molecule has 4 rings (SSSR count). The molecule has 0 aliphatic carbocycles. The number of unbranched alkanes of at least 4 members (excludes halogenated alkanes) is 2. The lowest BCUT2D eigenvalue weighted by molar-refractivity contribution is 0.0734. The maximum absolute atomic E-state index is 13.0. The van der Waals surface area contributed by atoms with Crippen molar-refractivity contribution in [2.24, 2.45) is 5.73 Å². The van der Waals surface area contributed by atoms with Crippen molar-refractivity contribution in [1.29, 1.82) is 5.26 Å². The molecule has 3 aromatic carbocycles. The van der Waals surface area contributed by atoms with E-state index in [9.17, 15) is 10.1 Å². The van der Waals surface area contributed by atoms with Crippen molar-refractivity contribution in [2.45, 2.75) is 45.4 Å². The van der Waals surface area contributed by atoms with Crippen molar-refractivity contribution in [2.75, 3.05) is 13.2 Å². The molecular formula is C31H30Cl2N2O5. The van der Waals surface area contributed by atoms with Crippen LogP contribution in [0.4, 0.5) is 0 Å². The van der Waals surface area contributed by atoms with E-state index in [0.717, 1.165) is 31.2 Å². The number of carbonyl (C=O) groups excluding carboxylic acids is 1. The van der Waals surface area contributed by atoms with E-state index in [1.807, 2.05) is 31.2 Å². The number of hydrogen-bond acceptors (Lipinski definition) is 7. The number of benzene rings is 3. The minimum Gasteiger partial charge on any atom is -0.493 e. The Balaban J connectivity index is 1.61. The van der Waals surface area contributed by atoms with Gasteiger partial charge in [0.05, 0.1) is 34.7 Å². The SMILES string of the molecule is CCCCOc1ccccc1C1C(C#N)=C(N)Oc2cc(OC(=O)c3cc(Cl)c(OCCCC)c(Cl)c3)ccc21. The molecule has 0 bridgehead atoms. The number of para-hydroxylation sites is 1. The predicted octanol–water partition coefficient (Wildman–Crippen LogP) is 7.79. The van der Waals surface area contributed by atoms with Crippen molar-refractivity contribution in [3.05, 3.63) is 92.8 Å². The monoisotopic (exact) mass is 580 g/mol. The molecule has 1 heterocycles. The van der Waals surface area contributed by atoms with Gasteiger partial charge in [0.15, 0.2) is 5.75 Å². The number of nitrogens with two attached hydrogens (primary N) is 1. The van der Waals surface area contributed by atoms with Gasteiger partial charge in [0, 0.05) is 17.2 Å². The largest absolute Gasteiger partial charge is 0.493 e. The second-order valence-electron chi connectivity index (χ2n) is 9.22. The van der Waals surface area contributed by atoms with Crippen molar-refractivity contribution < 1.29 is 23.7 Å². The molecule has 1 atom stereocenters. The highest BCUT2D eigenvalue weighted by Gasteiger charge is 2.33.